The second-order valence-corrected chi connectivity index (χ2v) is 12.8. The minimum Gasteiger partial charge on any atom is -0.496 e. The number of methoxy groups -OCH3 is 2. The maximum atomic E-state index is 14.2. The molecule has 5 rings (SSSR count). The Morgan fingerprint density at radius 3 is 2.34 bits per heavy atom. The van der Waals surface area contributed by atoms with Gasteiger partial charge < -0.3 is 18.9 Å². The van der Waals surface area contributed by atoms with E-state index in [1.807, 2.05) is 25.1 Å². The van der Waals surface area contributed by atoms with E-state index in [1.54, 1.807) is 45.4 Å². The average Bonchev–Trinajstić information content (AvgIpc) is 3.34. The first-order chi connectivity index (χ1) is 22.6. The molecule has 10 heteroatoms. The number of hydrogen-bond acceptors (Lipinski definition) is 8. The van der Waals surface area contributed by atoms with Crippen molar-refractivity contribution in [2.24, 2.45) is 4.99 Å². The van der Waals surface area contributed by atoms with E-state index >= 15 is 0 Å². The Morgan fingerprint density at radius 2 is 1.68 bits per heavy atom. The first-order valence-electron chi connectivity index (χ1n) is 15.5. The molecule has 0 aliphatic carbocycles. The number of carbonyl (C=O) groups is 1. The van der Waals surface area contributed by atoms with Crippen LogP contribution in [0.5, 0.6) is 17.2 Å². The number of nitrogens with zero attached hydrogens (tertiary/aromatic N) is 2. The minimum atomic E-state index is -0.846. The van der Waals surface area contributed by atoms with Gasteiger partial charge in [0.2, 0.25) is 0 Å². The lowest BCUT2D eigenvalue weighted by Crippen LogP contribution is -2.40. The highest BCUT2D eigenvalue weighted by molar-refractivity contribution is 7.07. The summed E-state index contributed by atoms with van der Waals surface area (Å²) in [5.74, 6) is 1.11. The minimum absolute atomic E-state index is 0.178. The van der Waals surface area contributed by atoms with Crippen LogP contribution < -0.4 is 29.1 Å². The van der Waals surface area contributed by atoms with Crippen LogP contribution in [0, 0.1) is 20.8 Å². The fourth-order valence-electron chi connectivity index (χ4n) is 5.97. The molecule has 0 bridgehead atoms. The van der Waals surface area contributed by atoms with Gasteiger partial charge in [-0.2, -0.15) is 0 Å². The molecule has 0 radical (unpaired) electrons. The smallest absolute Gasteiger partial charge is 0.338 e. The van der Waals surface area contributed by atoms with Crippen LogP contribution in [0.25, 0.3) is 6.08 Å². The van der Waals surface area contributed by atoms with Gasteiger partial charge in [0.15, 0.2) is 16.3 Å². The number of thiazole rings is 1. The second-order valence-electron chi connectivity index (χ2n) is 11.4. The average molecular weight is 675 g/mol. The molecule has 1 aromatic heterocycles. The van der Waals surface area contributed by atoms with Crippen LogP contribution in [0.1, 0.15) is 66.1 Å². The maximum absolute atomic E-state index is 14.2. The van der Waals surface area contributed by atoms with Gasteiger partial charge in [0.25, 0.3) is 5.56 Å². The van der Waals surface area contributed by atoms with Crippen LogP contribution in [0.2, 0.25) is 5.02 Å². The summed E-state index contributed by atoms with van der Waals surface area (Å²) in [6, 6.07) is 14.2. The van der Waals surface area contributed by atoms with E-state index in [-0.39, 0.29) is 12.2 Å². The molecule has 47 heavy (non-hydrogen) atoms. The molecule has 4 aromatic rings. The number of aromatic nitrogens is 1. The molecule has 3 aromatic carbocycles. The lowest BCUT2D eigenvalue weighted by atomic mass is 9.93. The van der Waals surface area contributed by atoms with Gasteiger partial charge >= 0.3 is 5.97 Å². The van der Waals surface area contributed by atoms with E-state index in [2.05, 4.69) is 32.9 Å². The van der Waals surface area contributed by atoms with Crippen molar-refractivity contribution in [3.05, 3.63) is 118 Å². The summed E-state index contributed by atoms with van der Waals surface area (Å²) < 4.78 is 25.1. The highest BCUT2D eigenvalue weighted by Gasteiger charge is 2.36. The Labute approximate surface area is 283 Å². The number of allylic oxidation sites excluding steroid dienone is 1. The second kappa shape index (κ2) is 14.6. The molecule has 8 nitrogen and oxygen atoms in total. The zero-order valence-electron chi connectivity index (χ0n) is 27.7. The Hall–Kier alpha value is -4.34. The molecule has 0 saturated carbocycles. The number of carbonyl (C=O) groups excluding carboxylic acids is 1. The summed E-state index contributed by atoms with van der Waals surface area (Å²) in [5.41, 5.74) is 6.60. The lowest BCUT2D eigenvalue weighted by Gasteiger charge is -2.27. The number of aryl methyl sites for hydroxylation is 3. The third kappa shape index (κ3) is 7.01. The predicted octanol–water partition coefficient (Wildman–Crippen LogP) is 6.75. The molecule has 0 saturated heterocycles. The van der Waals surface area contributed by atoms with Gasteiger partial charge in [-0.05, 0) is 92.8 Å². The van der Waals surface area contributed by atoms with E-state index < -0.39 is 12.0 Å². The molecule has 0 amide bonds. The van der Waals surface area contributed by atoms with Crippen molar-refractivity contribution in [3.63, 3.8) is 0 Å². The molecular weight excluding hydrogens is 636 g/mol. The molecule has 1 atom stereocenters. The van der Waals surface area contributed by atoms with E-state index in [9.17, 15) is 9.59 Å². The molecule has 0 unspecified atom stereocenters. The molecule has 0 N–H and O–H groups in total. The molecule has 2 heterocycles. The number of fused-ring (bicyclic) bond motifs is 1. The quantitative estimate of drug-likeness (QED) is 0.164. The summed E-state index contributed by atoms with van der Waals surface area (Å²) in [5, 5.41) is 0.447. The highest BCUT2D eigenvalue weighted by Crippen LogP contribution is 2.38. The number of hydrogen-bond donors (Lipinski definition) is 0. The van der Waals surface area contributed by atoms with Crippen molar-refractivity contribution < 1.29 is 23.7 Å². The Balaban J connectivity index is 1.61. The third-order valence-electron chi connectivity index (χ3n) is 8.08. The summed E-state index contributed by atoms with van der Waals surface area (Å²) in [7, 11) is 3.13. The zero-order valence-corrected chi connectivity index (χ0v) is 29.3. The molecule has 1 aliphatic rings. The predicted molar refractivity (Wildman–Crippen MR) is 186 cm³/mol. The Morgan fingerprint density at radius 1 is 0.979 bits per heavy atom. The maximum Gasteiger partial charge on any atom is 0.338 e. The zero-order chi connectivity index (χ0) is 33.8. The summed E-state index contributed by atoms with van der Waals surface area (Å²) in [6.07, 6.45) is 3.07. The van der Waals surface area contributed by atoms with Crippen molar-refractivity contribution in [1.82, 2.24) is 4.57 Å². The SMILES string of the molecule is CCCC1=C(C(=O)OCC)[C@@H](c2cc(Cl)ccc2OC)n2c(s/c(=C/c3ccc(OCc4c(C)cc(C)cc4C)c(OC)c3)c2=O)=N1. The fraction of sp³-hybridized carbons (Fsp3) is 0.324. The molecule has 246 valence electrons. The molecular formula is C37H39ClN2O6S. The fourth-order valence-corrected chi connectivity index (χ4v) is 7.17. The standard InChI is InChI=1S/C37H39ClN2O6S/c1-8-10-28-33(36(42)45-9-2)34(26-19-25(38)12-14-29(26)43-6)40-35(41)32(47-37(40)39-28)18-24-11-13-30(31(17-24)44-7)46-20-27-22(4)15-21(3)16-23(27)5/h11-19,34H,8-10,20H2,1-7H3/b32-18+/t34-/m1/s1. The topological polar surface area (TPSA) is 88.4 Å². The highest BCUT2D eigenvalue weighted by atomic mass is 35.5. The Bertz CT molecular complexity index is 2020. The summed E-state index contributed by atoms with van der Waals surface area (Å²) in [6.45, 7) is 10.6. The van der Waals surface area contributed by atoms with Crippen molar-refractivity contribution in [2.45, 2.75) is 60.1 Å². The first-order valence-corrected chi connectivity index (χ1v) is 16.7. The van der Waals surface area contributed by atoms with Gasteiger partial charge in [0, 0.05) is 10.6 Å². The lowest BCUT2D eigenvalue weighted by molar-refractivity contribution is -0.139. The number of rotatable bonds is 11. The van der Waals surface area contributed by atoms with Crippen molar-refractivity contribution >= 4 is 35.0 Å². The molecule has 1 aliphatic heterocycles. The van der Waals surface area contributed by atoms with Crippen molar-refractivity contribution in [3.8, 4) is 17.2 Å². The first kappa shape index (κ1) is 34.0. The van der Waals surface area contributed by atoms with Gasteiger partial charge in [-0.15, -0.1) is 0 Å². The van der Waals surface area contributed by atoms with Crippen molar-refractivity contribution in [1.29, 1.82) is 0 Å². The van der Waals surface area contributed by atoms with Gasteiger partial charge in [0.1, 0.15) is 18.4 Å². The summed E-state index contributed by atoms with van der Waals surface area (Å²) in [4.78, 5) is 33.0. The van der Waals surface area contributed by atoms with Crippen LogP contribution in [0.4, 0.5) is 0 Å². The van der Waals surface area contributed by atoms with Gasteiger partial charge in [-0.25, -0.2) is 9.79 Å². The molecule has 0 spiro atoms. The Kier molecular flexibility index (Phi) is 10.6. The summed E-state index contributed by atoms with van der Waals surface area (Å²) >= 11 is 7.71. The normalized spacial score (nSPS) is 14.5. The van der Waals surface area contributed by atoms with Gasteiger partial charge in [0.05, 0.1) is 36.6 Å². The van der Waals surface area contributed by atoms with Gasteiger partial charge in [-0.1, -0.05) is 60.0 Å². The number of esters is 1. The number of ether oxygens (including phenoxy) is 4. The monoisotopic (exact) mass is 674 g/mol. The van der Waals surface area contributed by atoms with Crippen LogP contribution in [-0.2, 0) is 16.1 Å². The van der Waals surface area contributed by atoms with E-state index in [4.69, 9.17) is 35.5 Å². The van der Waals surface area contributed by atoms with E-state index in [0.29, 0.717) is 61.5 Å². The van der Waals surface area contributed by atoms with Crippen LogP contribution in [-0.4, -0.2) is 31.4 Å². The van der Waals surface area contributed by atoms with Crippen LogP contribution >= 0.6 is 22.9 Å². The largest absolute Gasteiger partial charge is 0.496 e. The molecule has 0 fully saturated rings. The van der Waals surface area contributed by atoms with E-state index in [0.717, 1.165) is 17.5 Å². The van der Waals surface area contributed by atoms with Crippen LogP contribution in [0.15, 0.2) is 69.6 Å². The van der Waals surface area contributed by atoms with E-state index in [1.165, 1.54) is 32.6 Å². The van der Waals surface area contributed by atoms with Crippen molar-refractivity contribution in [2.75, 3.05) is 20.8 Å². The number of halogens is 1. The number of benzene rings is 3. The van der Waals surface area contributed by atoms with Gasteiger partial charge in [-0.3, -0.25) is 9.36 Å². The third-order valence-corrected chi connectivity index (χ3v) is 9.29. The van der Waals surface area contributed by atoms with Crippen LogP contribution in [0.3, 0.4) is 0 Å².